The maximum atomic E-state index is 12.9. The highest BCUT2D eigenvalue weighted by Gasteiger charge is 2.29. The van der Waals surface area contributed by atoms with Crippen molar-refractivity contribution in [1.29, 1.82) is 0 Å². The zero-order valence-corrected chi connectivity index (χ0v) is 9.81. The van der Waals surface area contributed by atoms with Crippen molar-refractivity contribution >= 4 is 17.5 Å². The van der Waals surface area contributed by atoms with Crippen LogP contribution in [0.4, 0.5) is 8.78 Å². The van der Waals surface area contributed by atoms with Crippen LogP contribution in [0, 0.1) is 17.6 Å². The van der Waals surface area contributed by atoms with Gasteiger partial charge in [-0.25, -0.2) is 8.78 Å². The quantitative estimate of drug-likeness (QED) is 0.828. The number of benzene rings is 1. The Bertz CT molecular complexity index is 414. The van der Waals surface area contributed by atoms with Gasteiger partial charge < -0.3 is 5.32 Å². The van der Waals surface area contributed by atoms with Gasteiger partial charge in [0, 0.05) is 18.2 Å². The third-order valence-corrected chi connectivity index (χ3v) is 3.23. The van der Waals surface area contributed by atoms with Crippen molar-refractivity contribution in [3.05, 3.63) is 35.4 Å². The molecule has 1 amide bonds. The average molecular weight is 260 g/mol. The van der Waals surface area contributed by atoms with Gasteiger partial charge in [-0.15, -0.1) is 11.6 Å². The molecule has 0 heterocycles. The molecule has 1 unspecified atom stereocenters. The smallest absolute Gasteiger partial charge is 0.251 e. The van der Waals surface area contributed by atoms with Gasteiger partial charge in [0.25, 0.3) is 5.91 Å². The van der Waals surface area contributed by atoms with Gasteiger partial charge in [-0.2, -0.15) is 0 Å². The predicted octanol–water partition coefficient (Wildman–Crippen LogP) is 2.71. The zero-order chi connectivity index (χ0) is 12.4. The molecule has 0 saturated heterocycles. The lowest BCUT2D eigenvalue weighted by atomic mass is 10.2. The molecule has 17 heavy (non-hydrogen) atoms. The molecule has 1 aromatic carbocycles. The summed E-state index contributed by atoms with van der Waals surface area (Å²) in [6.07, 6.45) is 2.16. The third-order valence-electron chi connectivity index (χ3n) is 2.72. The summed E-state index contributed by atoms with van der Waals surface area (Å²) in [6, 6.07) is 2.73. The van der Waals surface area contributed by atoms with Crippen LogP contribution in [0.15, 0.2) is 18.2 Å². The normalized spacial score (nSPS) is 16.6. The maximum Gasteiger partial charge on any atom is 0.251 e. The van der Waals surface area contributed by atoms with Gasteiger partial charge in [0.05, 0.1) is 5.38 Å². The Morgan fingerprint density at radius 2 is 1.94 bits per heavy atom. The molecule has 92 valence electrons. The van der Waals surface area contributed by atoms with Crippen molar-refractivity contribution in [2.45, 2.75) is 18.2 Å². The number of rotatable bonds is 4. The van der Waals surface area contributed by atoms with E-state index in [9.17, 15) is 13.6 Å². The van der Waals surface area contributed by atoms with Crippen LogP contribution < -0.4 is 5.32 Å². The molecule has 0 spiro atoms. The highest BCUT2D eigenvalue weighted by Crippen LogP contribution is 2.35. The summed E-state index contributed by atoms with van der Waals surface area (Å²) < 4.78 is 25.8. The lowest BCUT2D eigenvalue weighted by Gasteiger charge is -2.09. The minimum atomic E-state index is -0.764. The average Bonchev–Trinajstić information content (AvgIpc) is 3.07. The molecule has 0 bridgehead atoms. The first kappa shape index (κ1) is 12.3. The summed E-state index contributed by atoms with van der Waals surface area (Å²) >= 11 is 6.01. The summed E-state index contributed by atoms with van der Waals surface area (Å²) in [5, 5.41) is 2.47. The fourth-order valence-electron chi connectivity index (χ4n) is 1.60. The molecule has 1 saturated carbocycles. The molecule has 5 heteroatoms. The van der Waals surface area contributed by atoms with Gasteiger partial charge in [-0.1, -0.05) is 0 Å². The number of hydrogen-bond donors (Lipinski definition) is 1. The zero-order valence-electron chi connectivity index (χ0n) is 9.05. The predicted molar refractivity (Wildman–Crippen MR) is 61.1 cm³/mol. The van der Waals surface area contributed by atoms with Crippen LogP contribution in [0.3, 0.4) is 0 Å². The molecule has 0 radical (unpaired) electrons. The molecule has 1 aliphatic rings. The van der Waals surface area contributed by atoms with Crippen molar-refractivity contribution in [2.75, 3.05) is 6.54 Å². The summed E-state index contributed by atoms with van der Waals surface area (Å²) in [4.78, 5) is 11.6. The fourth-order valence-corrected chi connectivity index (χ4v) is 1.93. The molecular weight excluding hydrogens is 248 g/mol. The largest absolute Gasteiger partial charge is 0.351 e. The Labute approximate surface area is 103 Å². The van der Waals surface area contributed by atoms with E-state index in [1.807, 2.05) is 0 Å². The van der Waals surface area contributed by atoms with E-state index in [0.29, 0.717) is 12.5 Å². The van der Waals surface area contributed by atoms with E-state index in [2.05, 4.69) is 5.32 Å². The number of amides is 1. The minimum Gasteiger partial charge on any atom is -0.351 e. The molecule has 2 rings (SSSR count). The Morgan fingerprint density at radius 3 is 2.47 bits per heavy atom. The van der Waals surface area contributed by atoms with Crippen LogP contribution in [-0.2, 0) is 0 Å². The number of alkyl halides is 1. The van der Waals surface area contributed by atoms with E-state index >= 15 is 0 Å². The number of carbonyl (C=O) groups excluding carboxylic acids is 1. The molecule has 1 aromatic rings. The number of hydrogen-bond acceptors (Lipinski definition) is 1. The number of nitrogens with one attached hydrogen (secondary N) is 1. The molecule has 1 fully saturated rings. The first-order chi connectivity index (χ1) is 8.06. The van der Waals surface area contributed by atoms with Gasteiger partial charge >= 0.3 is 0 Å². The molecule has 1 aliphatic carbocycles. The molecule has 2 nitrogen and oxygen atoms in total. The van der Waals surface area contributed by atoms with Gasteiger partial charge in [-0.3, -0.25) is 4.79 Å². The standard InChI is InChI=1S/C12H12ClF2NO/c13-11(7-1-2-7)6-16-12(17)8-3-9(14)5-10(15)4-8/h3-5,7,11H,1-2,6H2,(H,16,17). The van der Waals surface area contributed by atoms with Crippen LogP contribution in [0.25, 0.3) is 0 Å². The van der Waals surface area contributed by atoms with E-state index in [1.165, 1.54) is 0 Å². The Hall–Kier alpha value is -1.16. The number of carbonyl (C=O) groups is 1. The highest BCUT2D eigenvalue weighted by atomic mass is 35.5. The van der Waals surface area contributed by atoms with E-state index in [-0.39, 0.29) is 10.9 Å². The second kappa shape index (κ2) is 5.00. The van der Waals surface area contributed by atoms with E-state index in [1.54, 1.807) is 0 Å². The molecule has 1 atom stereocenters. The first-order valence-corrected chi connectivity index (χ1v) is 5.88. The van der Waals surface area contributed by atoms with Crippen LogP contribution >= 0.6 is 11.6 Å². The van der Waals surface area contributed by atoms with Gasteiger partial charge in [0.1, 0.15) is 11.6 Å². The minimum absolute atomic E-state index is 0.0258. The molecular formula is C12H12ClF2NO. The van der Waals surface area contributed by atoms with Crippen LogP contribution in [-0.4, -0.2) is 17.8 Å². The van der Waals surface area contributed by atoms with Crippen molar-refractivity contribution in [3.8, 4) is 0 Å². The van der Waals surface area contributed by atoms with Gasteiger partial charge in [-0.05, 0) is 30.9 Å². The lowest BCUT2D eigenvalue weighted by Crippen LogP contribution is -2.30. The molecule has 0 aliphatic heterocycles. The van der Waals surface area contributed by atoms with Crippen LogP contribution in [0.2, 0.25) is 0 Å². The van der Waals surface area contributed by atoms with Gasteiger partial charge in [0.15, 0.2) is 0 Å². The Balaban J connectivity index is 1.94. The van der Waals surface area contributed by atoms with Crippen molar-refractivity contribution in [1.82, 2.24) is 5.32 Å². The highest BCUT2D eigenvalue weighted by molar-refractivity contribution is 6.21. The lowest BCUT2D eigenvalue weighted by molar-refractivity contribution is 0.0952. The second-order valence-corrected chi connectivity index (χ2v) is 4.78. The number of halogens is 3. The maximum absolute atomic E-state index is 12.9. The topological polar surface area (TPSA) is 29.1 Å². The van der Waals surface area contributed by atoms with Crippen molar-refractivity contribution in [3.63, 3.8) is 0 Å². The Kier molecular flexibility index (Phi) is 3.62. The molecule has 0 aromatic heterocycles. The summed E-state index contributed by atoms with van der Waals surface area (Å²) in [5.41, 5.74) is -0.0258. The van der Waals surface area contributed by atoms with Crippen molar-refractivity contribution in [2.24, 2.45) is 5.92 Å². The van der Waals surface area contributed by atoms with Crippen LogP contribution in [0.1, 0.15) is 23.2 Å². The summed E-state index contributed by atoms with van der Waals surface area (Å²) in [7, 11) is 0. The SMILES string of the molecule is O=C(NCC(Cl)C1CC1)c1cc(F)cc(F)c1. The monoisotopic (exact) mass is 259 g/mol. The first-order valence-electron chi connectivity index (χ1n) is 5.44. The van der Waals surface area contributed by atoms with Crippen molar-refractivity contribution < 1.29 is 13.6 Å². The van der Waals surface area contributed by atoms with Gasteiger partial charge in [0.2, 0.25) is 0 Å². The van der Waals surface area contributed by atoms with E-state index in [4.69, 9.17) is 11.6 Å². The van der Waals surface area contributed by atoms with E-state index < -0.39 is 17.5 Å². The summed E-state index contributed by atoms with van der Waals surface area (Å²) in [5.74, 6) is -1.57. The molecule has 1 N–H and O–H groups in total. The van der Waals surface area contributed by atoms with E-state index in [0.717, 1.165) is 31.0 Å². The second-order valence-electron chi connectivity index (χ2n) is 4.22. The summed E-state index contributed by atoms with van der Waals surface area (Å²) in [6.45, 7) is 0.323. The third kappa shape index (κ3) is 3.40. The fraction of sp³-hybridized carbons (Fsp3) is 0.417. The Morgan fingerprint density at radius 1 is 1.35 bits per heavy atom. The van der Waals surface area contributed by atoms with Crippen LogP contribution in [0.5, 0.6) is 0 Å².